The maximum atomic E-state index is 13.0. The van der Waals surface area contributed by atoms with Crippen LogP contribution < -0.4 is 9.46 Å². The number of hydrogen-bond acceptors (Lipinski definition) is 10. The van der Waals surface area contributed by atoms with Crippen molar-refractivity contribution >= 4 is 32.1 Å². The average molecular weight is 616 g/mol. The van der Waals surface area contributed by atoms with E-state index in [2.05, 4.69) is 14.8 Å². The fourth-order valence-electron chi connectivity index (χ4n) is 4.25. The molecule has 0 spiro atoms. The first kappa shape index (κ1) is 31.9. The van der Waals surface area contributed by atoms with Gasteiger partial charge in [0.15, 0.2) is 21.4 Å². The van der Waals surface area contributed by atoms with Gasteiger partial charge in [-0.05, 0) is 63.6 Å². The quantitative estimate of drug-likeness (QED) is 0.159. The van der Waals surface area contributed by atoms with Crippen LogP contribution in [0.15, 0.2) is 54.7 Å². The molecule has 4 aromatic rings. The van der Waals surface area contributed by atoms with E-state index in [4.69, 9.17) is 9.72 Å². The molecule has 226 valence electrons. The molecule has 0 bridgehead atoms. The number of aliphatic hydroxyl groups excluding tert-OH is 1. The van der Waals surface area contributed by atoms with Crippen LogP contribution in [0.5, 0.6) is 5.75 Å². The molecule has 1 aromatic carbocycles. The highest BCUT2D eigenvalue weighted by molar-refractivity contribution is 7.91. The number of benzene rings is 1. The van der Waals surface area contributed by atoms with Crippen molar-refractivity contribution in [1.82, 2.24) is 24.5 Å². The normalized spacial score (nSPS) is 14.6. The second-order valence-corrected chi connectivity index (χ2v) is 15.3. The molecule has 0 amide bonds. The fraction of sp³-hybridized carbons (Fsp3) is 0.414. The van der Waals surface area contributed by atoms with Gasteiger partial charge >= 0.3 is 0 Å². The molecule has 2 atom stereocenters. The molecule has 13 heteroatoms. The molecular formula is C29H37N5O6S2. The number of aromatic nitrogens is 4. The third-order valence-electron chi connectivity index (χ3n) is 6.43. The molecule has 4 rings (SSSR count). The lowest BCUT2D eigenvalue weighted by molar-refractivity contribution is 0.0101. The highest BCUT2D eigenvalue weighted by Gasteiger charge is 2.39. The molecule has 0 saturated carbocycles. The molecule has 0 fully saturated rings. The number of hydrogen-bond donors (Lipinski definition) is 3. The van der Waals surface area contributed by atoms with Crippen molar-refractivity contribution in [3.63, 3.8) is 0 Å². The summed E-state index contributed by atoms with van der Waals surface area (Å²) in [5, 5.41) is 26.3. The Bertz CT molecular complexity index is 1650. The maximum Gasteiger partial charge on any atom is 0.200 e. The van der Waals surface area contributed by atoms with E-state index in [1.54, 1.807) is 53.3 Å². The molecule has 3 aromatic heterocycles. The molecule has 0 aliphatic rings. The van der Waals surface area contributed by atoms with E-state index in [9.17, 15) is 23.2 Å². The van der Waals surface area contributed by atoms with Crippen molar-refractivity contribution in [1.29, 1.82) is 0 Å². The molecule has 0 radical (unpaired) electrons. The summed E-state index contributed by atoms with van der Waals surface area (Å²) in [5.74, 6) is 0.712. The second-order valence-electron chi connectivity index (χ2n) is 11.1. The van der Waals surface area contributed by atoms with Gasteiger partial charge in [-0.2, -0.15) is 5.10 Å². The Balaban J connectivity index is 1.84. The van der Waals surface area contributed by atoms with E-state index in [0.29, 0.717) is 51.5 Å². The van der Waals surface area contributed by atoms with Crippen LogP contribution in [0.4, 0.5) is 0 Å². The number of nitrogens with zero attached hydrogens (tertiary/aromatic N) is 4. The monoisotopic (exact) mass is 615 g/mol. The van der Waals surface area contributed by atoms with Gasteiger partial charge in [-0.25, -0.2) is 23.1 Å². The Morgan fingerprint density at radius 3 is 2.52 bits per heavy atom. The van der Waals surface area contributed by atoms with Crippen molar-refractivity contribution in [2.24, 2.45) is 0 Å². The summed E-state index contributed by atoms with van der Waals surface area (Å²) in [6.45, 7) is 7.09. The molecule has 0 aliphatic heterocycles. The van der Waals surface area contributed by atoms with Crippen LogP contribution in [0.3, 0.4) is 0 Å². The van der Waals surface area contributed by atoms with E-state index in [1.807, 2.05) is 33.8 Å². The zero-order valence-electron chi connectivity index (χ0n) is 24.4. The van der Waals surface area contributed by atoms with E-state index < -0.39 is 31.7 Å². The second kappa shape index (κ2) is 12.7. The van der Waals surface area contributed by atoms with Gasteiger partial charge in [0.05, 0.1) is 46.5 Å². The number of ether oxygens (including phenoxy) is 1. The van der Waals surface area contributed by atoms with Gasteiger partial charge in [-0.3, -0.25) is 0 Å². The van der Waals surface area contributed by atoms with Crippen LogP contribution in [0, 0.1) is 0 Å². The standard InChI is InChI=1S/C29H37N5O6S2/c1-6-13-29(36,33-41(37)28(2,3)4)26-11-8-10-23(32-26)20-16-24-22(25(17-20)40-14-15-42(5,38)39)18-30-34(24)27-12-7-9-21(19-35)31-27/h7-12,16-18,33,35-36H,6,13-15,19H2,1-5H3/t29-,41?/m0/s1. The van der Waals surface area contributed by atoms with Gasteiger partial charge < -0.3 is 19.5 Å². The first-order chi connectivity index (χ1) is 19.7. The summed E-state index contributed by atoms with van der Waals surface area (Å²) in [6.07, 6.45) is 3.65. The SMILES string of the molecule is CCC[C@@](O)(N[S+]([O-])C(C)(C)C)c1cccc(-c2cc(OCCS(C)(=O)=O)c3cnn(-c4cccc(CO)n4)c3c2)n1. The van der Waals surface area contributed by atoms with Crippen molar-refractivity contribution in [2.45, 2.75) is 57.6 Å². The first-order valence-electron chi connectivity index (χ1n) is 13.5. The minimum absolute atomic E-state index is 0.0624. The molecule has 0 aliphatic carbocycles. The lowest BCUT2D eigenvalue weighted by Gasteiger charge is -2.33. The summed E-state index contributed by atoms with van der Waals surface area (Å²) < 4.78 is 46.3. The zero-order valence-corrected chi connectivity index (χ0v) is 26.0. The van der Waals surface area contributed by atoms with Crippen molar-refractivity contribution in [3.05, 3.63) is 66.1 Å². The zero-order chi connectivity index (χ0) is 30.7. The highest BCUT2D eigenvalue weighted by atomic mass is 32.2. The minimum Gasteiger partial charge on any atom is -0.598 e. The van der Waals surface area contributed by atoms with Gasteiger partial charge in [0.1, 0.15) is 17.1 Å². The molecule has 3 heterocycles. The van der Waals surface area contributed by atoms with Crippen molar-refractivity contribution < 1.29 is 27.9 Å². The smallest absolute Gasteiger partial charge is 0.200 e. The number of fused-ring (bicyclic) bond motifs is 1. The topological polar surface area (TPSA) is 163 Å². The van der Waals surface area contributed by atoms with Crippen LogP contribution in [0.2, 0.25) is 0 Å². The molecule has 42 heavy (non-hydrogen) atoms. The number of pyridine rings is 2. The van der Waals surface area contributed by atoms with E-state index in [-0.39, 0.29) is 25.4 Å². The number of rotatable bonds is 12. The lowest BCUT2D eigenvalue weighted by Crippen LogP contribution is -2.51. The Morgan fingerprint density at radius 1 is 1.12 bits per heavy atom. The number of aliphatic hydroxyl groups is 2. The van der Waals surface area contributed by atoms with Gasteiger partial charge in [0, 0.05) is 23.2 Å². The van der Waals surface area contributed by atoms with Gasteiger partial charge in [-0.1, -0.05) is 25.5 Å². The van der Waals surface area contributed by atoms with E-state index in [1.165, 1.54) is 0 Å². The van der Waals surface area contributed by atoms with Crippen LogP contribution in [-0.4, -0.2) is 66.3 Å². The predicted octanol–water partition coefficient (Wildman–Crippen LogP) is 3.40. The third-order valence-corrected chi connectivity index (χ3v) is 8.98. The molecule has 0 saturated heterocycles. The van der Waals surface area contributed by atoms with Gasteiger partial charge in [0.25, 0.3) is 0 Å². The van der Waals surface area contributed by atoms with Crippen LogP contribution in [-0.2, 0) is 33.5 Å². The molecule has 1 unspecified atom stereocenters. The minimum atomic E-state index is -3.25. The Hall–Kier alpha value is -3.07. The molecule has 3 N–H and O–H groups in total. The van der Waals surface area contributed by atoms with E-state index >= 15 is 0 Å². The maximum absolute atomic E-state index is 13.0. The highest BCUT2D eigenvalue weighted by Crippen LogP contribution is 2.34. The van der Waals surface area contributed by atoms with Crippen molar-refractivity contribution in [3.8, 4) is 22.8 Å². The number of nitrogens with one attached hydrogen (secondary N) is 1. The Kier molecular flexibility index (Phi) is 9.60. The van der Waals surface area contributed by atoms with E-state index in [0.717, 1.165) is 6.26 Å². The molecule has 11 nitrogen and oxygen atoms in total. The van der Waals surface area contributed by atoms with Crippen LogP contribution in [0.1, 0.15) is 51.9 Å². The van der Waals surface area contributed by atoms with Crippen LogP contribution in [0.25, 0.3) is 28.0 Å². The predicted molar refractivity (Wildman–Crippen MR) is 163 cm³/mol. The summed E-state index contributed by atoms with van der Waals surface area (Å²) in [7, 11) is -3.25. The van der Waals surface area contributed by atoms with Gasteiger partial charge in [-0.15, -0.1) is 4.72 Å². The largest absolute Gasteiger partial charge is 0.598 e. The Labute approximate surface area is 249 Å². The summed E-state index contributed by atoms with van der Waals surface area (Å²) in [5.41, 5.74) is 0.886. The first-order valence-corrected chi connectivity index (χ1v) is 16.7. The fourth-order valence-corrected chi connectivity index (χ4v) is 5.45. The summed E-state index contributed by atoms with van der Waals surface area (Å²) in [6, 6.07) is 14.1. The summed E-state index contributed by atoms with van der Waals surface area (Å²) >= 11 is -1.56. The third kappa shape index (κ3) is 7.46. The molecular weight excluding hydrogens is 578 g/mol. The van der Waals surface area contributed by atoms with Gasteiger partial charge in [0.2, 0.25) is 0 Å². The van der Waals surface area contributed by atoms with Crippen molar-refractivity contribution in [2.75, 3.05) is 18.6 Å². The average Bonchev–Trinajstić information content (AvgIpc) is 3.36. The Morgan fingerprint density at radius 2 is 1.86 bits per heavy atom. The summed E-state index contributed by atoms with van der Waals surface area (Å²) in [4.78, 5) is 9.24. The number of sulfone groups is 1. The lowest BCUT2D eigenvalue weighted by atomic mass is 10.0. The van der Waals surface area contributed by atoms with Crippen LogP contribution >= 0.6 is 0 Å².